The number of carbonyl (C=O) groups is 1. The van der Waals surface area contributed by atoms with Gasteiger partial charge in [0.25, 0.3) is 0 Å². The quantitative estimate of drug-likeness (QED) is 0.534. The van der Waals surface area contributed by atoms with Gasteiger partial charge in [-0.1, -0.05) is 57.2 Å². The van der Waals surface area contributed by atoms with Crippen LogP contribution in [0.3, 0.4) is 0 Å². The second-order valence-electron chi connectivity index (χ2n) is 6.69. The van der Waals surface area contributed by atoms with Crippen LogP contribution in [-0.2, 0) is 14.9 Å². The molecule has 3 rings (SSSR count). The maximum atomic E-state index is 12.1. The van der Waals surface area contributed by atoms with Crippen molar-refractivity contribution in [3.63, 3.8) is 0 Å². The van der Waals surface area contributed by atoms with Crippen LogP contribution in [-0.4, -0.2) is 11.9 Å². The largest absolute Gasteiger partial charge is 0.402 e. The van der Waals surface area contributed by atoms with Crippen LogP contribution in [0.4, 0.5) is 0 Å². The zero-order valence-electron chi connectivity index (χ0n) is 13.8. The molecule has 2 aromatic rings. The van der Waals surface area contributed by atoms with Crippen molar-refractivity contribution in [3.05, 3.63) is 75.4 Å². The smallest absolute Gasteiger partial charge is 0.363 e. The highest BCUT2D eigenvalue weighted by atomic mass is 79.9. The Morgan fingerprint density at radius 1 is 1.04 bits per heavy atom. The fourth-order valence-electron chi connectivity index (χ4n) is 2.40. The zero-order chi connectivity index (χ0) is 17.3. The van der Waals surface area contributed by atoms with Crippen molar-refractivity contribution in [2.24, 2.45) is 4.99 Å². The van der Waals surface area contributed by atoms with Gasteiger partial charge in [0.2, 0.25) is 5.90 Å². The summed E-state index contributed by atoms with van der Waals surface area (Å²) < 4.78 is 6.14. The first kappa shape index (κ1) is 16.7. The summed E-state index contributed by atoms with van der Waals surface area (Å²) in [5.74, 6) is -0.106. The van der Waals surface area contributed by atoms with Gasteiger partial charge in [0.1, 0.15) is 0 Å². The molecule has 0 saturated carbocycles. The molecule has 0 aromatic heterocycles. The number of aliphatic imine (C=N–C) groups is 1. The highest BCUT2D eigenvalue weighted by Crippen LogP contribution is 2.25. The Morgan fingerprint density at radius 2 is 1.71 bits per heavy atom. The molecule has 1 aliphatic heterocycles. The monoisotopic (exact) mass is 383 g/mol. The van der Waals surface area contributed by atoms with E-state index in [1.807, 2.05) is 36.4 Å². The van der Waals surface area contributed by atoms with Crippen molar-refractivity contribution in [1.82, 2.24) is 0 Å². The van der Waals surface area contributed by atoms with Gasteiger partial charge in [-0.05, 0) is 50.7 Å². The lowest BCUT2D eigenvalue weighted by Crippen LogP contribution is -2.10. The molecule has 1 heterocycles. The molecule has 0 N–H and O–H groups in total. The average molecular weight is 384 g/mol. The van der Waals surface area contributed by atoms with Gasteiger partial charge in [-0.25, -0.2) is 9.79 Å². The lowest BCUT2D eigenvalue weighted by atomic mass is 9.87. The first-order valence-electron chi connectivity index (χ1n) is 7.72. The standard InChI is InChI=1S/C20H18BrNO2/c1-20(2,3)14-10-8-13(9-11-14)12-17-19(23)24-18(22-17)15-6-4-5-7-16(15)21/h4-12H,1-3H3/b17-12-. The third-order valence-electron chi connectivity index (χ3n) is 3.80. The van der Waals surface area contributed by atoms with Gasteiger partial charge in [0, 0.05) is 4.47 Å². The summed E-state index contributed by atoms with van der Waals surface area (Å²) in [6.07, 6.45) is 1.75. The number of hydrogen-bond acceptors (Lipinski definition) is 3. The predicted octanol–water partition coefficient (Wildman–Crippen LogP) is 5.09. The second kappa shape index (κ2) is 6.36. The molecule has 2 aromatic carbocycles. The summed E-state index contributed by atoms with van der Waals surface area (Å²) >= 11 is 3.45. The van der Waals surface area contributed by atoms with Gasteiger partial charge in [-0.2, -0.15) is 0 Å². The lowest BCUT2D eigenvalue weighted by molar-refractivity contribution is -0.129. The van der Waals surface area contributed by atoms with E-state index in [0.717, 1.165) is 15.6 Å². The van der Waals surface area contributed by atoms with E-state index >= 15 is 0 Å². The number of nitrogens with zero attached hydrogens (tertiary/aromatic N) is 1. The number of rotatable bonds is 2. The molecule has 0 fully saturated rings. The van der Waals surface area contributed by atoms with Crippen LogP contribution in [0.5, 0.6) is 0 Å². The molecule has 0 aliphatic carbocycles. The van der Waals surface area contributed by atoms with Crippen LogP contribution in [0, 0.1) is 0 Å². The van der Waals surface area contributed by atoms with Gasteiger partial charge in [-0.3, -0.25) is 0 Å². The summed E-state index contributed by atoms with van der Waals surface area (Å²) in [7, 11) is 0. The Balaban J connectivity index is 1.90. The summed E-state index contributed by atoms with van der Waals surface area (Å²) in [5.41, 5.74) is 3.34. The Kier molecular flexibility index (Phi) is 4.41. The zero-order valence-corrected chi connectivity index (χ0v) is 15.4. The predicted molar refractivity (Wildman–Crippen MR) is 99.9 cm³/mol. The molecule has 0 atom stereocenters. The van der Waals surface area contributed by atoms with Crippen molar-refractivity contribution in [2.75, 3.05) is 0 Å². The number of carbonyl (C=O) groups excluding carboxylic acids is 1. The summed E-state index contributed by atoms with van der Waals surface area (Å²) in [6.45, 7) is 6.51. The molecule has 0 unspecified atom stereocenters. The maximum absolute atomic E-state index is 12.1. The van der Waals surface area contributed by atoms with Crippen LogP contribution < -0.4 is 0 Å². The van der Waals surface area contributed by atoms with Crippen LogP contribution in [0.1, 0.15) is 37.5 Å². The number of halogens is 1. The number of ether oxygens (including phenoxy) is 1. The van der Waals surface area contributed by atoms with Crippen molar-refractivity contribution >= 4 is 33.9 Å². The minimum Gasteiger partial charge on any atom is -0.402 e. The third-order valence-corrected chi connectivity index (χ3v) is 4.50. The molecule has 4 heteroatoms. The first-order chi connectivity index (χ1) is 11.3. The van der Waals surface area contributed by atoms with Gasteiger partial charge in [0.15, 0.2) is 5.70 Å². The molecule has 0 bridgehead atoms. The van der Waals surface area contributed by atoms with E-state index in [2.05, 4.69) is 53.8 Å². The molecule has 0 radical (unpaired) electrons. The third kappa shape index (κ3) is 3.49. The topological polar surface area (TPSA) is 38.7 Å². The van der Waals surface area contributed by atoms with E-state index in [1.165, 1.54) is 5.56 Å². The average Bonchev–Trinajstić information content (AvgIpc) is 2.88. The van der Waals surface area contributed by atoms with E-state index in [0.29, 0.717) is 11.6 Å². The maximum Gasteiger partial charge on any atom is 0.363 e. The van der Waals surface area contributed by atoms with Crippen molar-refractivity contribution < 1.29 is 9.53 Å². The summed E-state index contributed by atoms with van der Waals surface area (Å²) in [6, 6.07) is 15.7. The van der Waals surface area contributed by atoms with Crippen molar-refractivity contribution in [3.8, 4) is 0 Å². The van der Waals surface area contributed by atoms with Crippen molar-refractivity contribution in [2.45, 2.75) is 26.2 Å². The van der Waals surface area contributed by atoms with Gasteiger partial charge in [0.05, 0.1) is 5.56 Å². The van der Waals surface area contributed by atoms with Crippen LogP contribution in [0.2, 0.25) is 0 Å². The van der Waals surface area contributed by atoms with Gasteiger partial charge < -0.3 is 4.74 Å². The fourth-order valence-corrected chi connectivity index (χ4v) is 2.85. The first-order valence-corrected chi connectivity index (χ1v) is 8.52. The molecule has 1 aliphatic rings. The Morgan fingerprint density at radius 3 is 2.33 bits per heavy atom. The highest BCUT2D eigenvalue weighted by molar-refractivity contribution is 9.10. The molecule has 0 saturated heterocycles. The van der Waals surface area contributed by atoms with Crippen LogP contribution >= 0.6 is 15.9 Å². The van der Waals surface area contributed by atoms with Gasteiger partial charge in [-0.15, -0.1) is 0 Å². The van der Waals surface area contributed by atoms with Crippen LogP contribution in [0.15, 0.2) is 63.7 Å². The normalized spacial score (nSPS) is 16.2. The Labute approximate surface area is 150 Å². The minimum absolute atomic E-state index is 0.100. The number of cyclic esters (lactones) is 1. The minimum atomic E-state index is -0.430. The molecule has 3 nitrogen and oxygen atoms in total. The second-order valence-corrected chi connectivity index (χ2v) is 7.54. The molecule has 122 valence electrons. The number of esters is 1. The molecule has 24 heavy (non-hydrogen) atoms. The molecule has 0 spiro atoms. The molecular weight excluding hydrogens is 366 g/mol. The Bertz CT molecular complexity index is 843. The van der Waals surface area contributed by atoms with Gasteiger partial charge >= 0.3 is 5.97 Å². The Hall–Kier alpha value is -2.20. The number of benzene rings is 2. The molecular formula is C20H18BrNO2. The van der Waals surface area contributed by atoms with Crippen LogP contribution in [0.25, 0.3) is 6.08 Å². The SMILES string of the molecule is CC(C)(C)c1ccc(/C=C2\N=C(c3ccccc3Br)OC2=O)cc1. The van der Waals surface area contributed by atoms with E-state index in [-0.39, 0.29) is 5.41 Å². The summed E-state index contributed by atoms with van der Waals surface area (Å²) in [4.78, 5) is 16.4. The van der Waals surface area contributed by atoms with E-state index in [9.17, 15) is 4.79 Å². The van der Waals surface area contributed by atoms with E-state index < -0.39 is 5.97 Å². The fraction of sp³-hybridized carbons (Fsp3) is 0.200. The van der Waals surface area contributed by atoms with E-state index in [1.54, 1.807) is 6.08 Å². The number of hydrogen-bond donors (Lipinski definition) is 0. The summed E-state index contributed by atoms with van der Waals surface area (Å²) in [5, 5.41) is 0. The lowest BCUT2D eigenvalue weighted by Gasteiger charge is -2.18. The van der Waals surface area contributed by atoms with Crippen molar-refractivity contribution in [1.29, 1.82) is 0 Å². The van der Waals surface area contributed by atoms with E-state index in [4.69, 9.17) is 4.74 Å². The highest BCUT2D eigenvalue weighted by Gasteiger charge is 2.25. The molecule has 0 amide bonds.